The quantitative estimate of drug-likeness (QED) is 0.481. The number of rotatable bonds is 4. The molecule has 0 atom stereocenters. The first-order valence-electron chi connectivity index (χ1n) is 2.63. The van der Waals surface area contributed by atoms with Crippen molar-refractivity contribution in [3.63, 3.8) is 0 Å². The average molecular weight is 202 g/mol. The Kier molecular flexibility index (Phi) is 4.39. The molecule has 0 heterocycles. The Morgan fingerprint density at radius 1 is 1.64 bits per heavy atom. The third kappa shape index (κ3) is 7.57. The number of hydrogen-bond acceptors (Lipinski definition) is 4. The van der Waals surface area contributed by atoms with Crippen LogP contribution in [-0.2, 0) is 18.6 Å². The van der Waals surface area contributed by atoms with Crippen molar-refractivity contribution in [2.45, 2.75) is 0 Å². The van der Waals surface area contributed by atoms with Gasteiger partial charge >= 0.3 is 0 Å². The molecule has 0 aliphatic rings. The highest BCUT2D eigenvalue weighted by Crippen LogP contribution is 1.94. The molecule has 0 aliphatic heterocycles. The topological polar surface area (TPSA) is 72.5 Å². The average Bonchev–Trinajstić information content (AvgIpc) is 1.79. The number of nitrogens with one attached hydrogen (secondary N) is 1. The van der Waals surface area contributed by atoms with Crippen LogP contribution in [0, 0.1) is 0 Å². The first-order chi connectivity index (χ1) is 4.95. The van der Waals surface area contributed by atoms with Gasteiger partial charge in [-0.15, -0.1) is 0 Å². The lowest BCUT2D eigenvalue weighted by atomic mass is 10.7. The molecule has 1 amide bonds. The summed E-state index contributed by atoms with van der Waals surface area (Å²) in [6.07, 6.45) is 0. The predicted octanol–water partition coefficient (Wildman–Crippen LogP) is -0.725. The Hall–Kier alpha value is -0.330. The van der Waals surface area contributed by atoms with Crippen LogP contribution in [0.15, 0.2) is 0 Å². The minimum Gasteiger partial charge on any atom is -0.364 e. The molecule has 5 nitrogen and oxygen atoms in total. The normalized spacial score (nSPS) is 11.1. The largest absolute Gasteiger partial charge is 0.364 e. The van der Waals surface area contributed by atoms with Crippen LogP contribution < -0.4 is 5.32 Å². The molecule has 0 aliphatic carbocycles. The molecule has 0 aromatic carbocycles. The van der Waals surface area contributed by atoms with Crippen molar-refractivity contribution in [2.75, 3.05) is 19.6 Å². The summed E-state index contributed by atoms with van der Waals surface area (Å²) in [5, 5.41) is 2.16. The van der Waals surface area contributed by atoms with E-state index in [-0.39, 0.29) is 6.73 Å². The third-order valence-electron chi connectivity index (χ3n) is 0.717. The fraction of sp³-hybridized carbons (Fsp3) is 0.750. The lowest BCUT2D eigenvalue weighted by Gasteiger charge is -1.99. The van der Waals surface area contributed by atoms with Crippen molar-refractivity contribution in [2.24, 2.45) is 0 Å². The van der Waals surface area contributed by atoms with Crippen molar-refractivity contribution in [3.8, 4) is 0 Å². The third-order valence-corrected chi connectivity index (χ3v) is 1.65. The maximum atomic E-state index is 10.6. The fourth-order valence-corrected chi connectivity index (χ4v) is 1.07. The molecule has 0 aromatic rings. The van der Waals surface area contributed by atoms with Gasteiger partial charge in [-0.25, -0.2) is 8.42 Å². The molecule has 0 spiro atoms. The first-order valence-corrected chi connectivity index (χ1v) is 5.11. The maximum Gasteiger partial charge on any atom is 0.241 e. The van der Waals surface area contributed by atoms with E-state index in [2.05, 4.69) is 10.1 Å². The van der Waals surface area contributed by atoms with Crippen molar-refractivity contribution in [3.05, 3.63) is 0 Å². The molecular formula is C4H8ClNO4S. The van der Waals surface area contributed by atoms with Crippen LogP contribution >= 0.6 is 10.7 Å². The van der Waals surface area contributed by atoms with Crippen molar-refractivity contribution in [1.29, 1.82) is 0 Å². The van der Waals surface area contributed by atoms with E-state index >= 15 is 0 Å². The molecule has 66 valence electrons. The van der Waals surface area contributed by atoms with Gasteiger partial charge in [-0.1, -0.05) is 0 Å². The molecule has 0 unspecified atom stereocenters. The lowest BCUT2D eigenvalue weighted by Crippen LogP contribution is -2.30. The van der Waals surface area contributed by atoms with Crippen molar-refractivity contribution >= 4 is 25.6 Å². The van der Waals surface area contributed by atoms with E-state index < -0.39 is 20.7 Å². The van der Waals surface area contributed by atoms with Crippen molar-refractivity contribution in [1.82, 2.24) is 5.32 Å². The van der Waals surface area contributed by atoms with Gasteiger partial charge < -0.3 is 10.1 Å². The lowest BCUT2D eigenvalue weighted by molar-refractivity contribution is -0.120. The van der Waals surface area contributed by atoms with Crippen LogP contribution in [0.2, 0.25) is 0 Å². The van der Waals surface area contributed by atoms with Crippen LogP contribution in [0.1, 0.15) is 0 Å². The smallest absolute Gasteiger partial charge is 0.241 e. The van der Waals surface area contributed by atoms with E-state index in [9.17, 15) is 13.2 Å². The summed E-state index contributed by atoms with van der Waals surface area (Å²) in [6, 6.07) is 0. The highest BCUT2D eigenvalue weighted by molar-refractivity contribution is 8.14. The minimum atomic E-state index is -3.75. The van der Waals surface area contributed by atoms with Crippen LogP contribution in [0.5, 0.6) is 0 Å². The molecule has 0 fully saturated rings. The molecule has 0 aromatic heterocycles. The molecular weight excluding hydrogens is 194 g/mol. The second kappa shape index (κ2) is 4.53. The van der Waals surface area contributed by atoms with E-state index in [1.54, 1.807) is 0 Å². The first kappa shape index (κ1) is 10.7. The summed E-state index contributed by atoms with van der Waals surface area (Å²) in [5.41, 5.74) is 0. The van der Waals surface area contributed by atoms with Gasteiger partial charge in [-0.05, 0) is 0 Å². The summed E-state index contributed by atoms with van der Waals surface area (Å²) in [6.45, 7) is -0.0226. The van der Waals surface area contributed by atoms with Crippen LogP contribution in [0.25, 0.3) is 0 Å². The van der Waals surface area contributed by atoms with Gasteiger partial charge in [0.05, 0.1) is 0 Å². The van der Waals surface area contributed by atoms with E-state index in [0.717, 1.165) is 0 Å². The number of carbonyl (C=O) groups is 1. The van der Waals surface area contributed by atoms with Gasteiger partial charge in [0.1, 0.15) is 12.5 Å². The fourth-order valence-electron chi connectivity index (χ4n) is 0.360. The number of hydrogen-bond donors (Lipinski definition) is 1. The summed E-state index contributed by atoms with van der Waals surface area (Å²) in [5.74, 6) is -1.40. The van der Waals surface area contributed by atoms with Crippen molar-refractivity contribution < 1.29 is 17.9 Å². The summed E-state index contributed by atoms with van der Waals surface area (Å²) >= 11 is 0. The van der Waals surface area contributed by atoms with Gasteiger partial charge in [-0.3, -0.25) is 4.79 Å². The highest BCUT2D eigenvalue weighted by atomic mass is 35.7. The van der Waals surface area contributed by atoms with Gasteiger partial charge in [0.2, 0.25) is 15.0 Å². The van der Waals surface area contributed by atoms with Crippen LogP contribution in [0.4, 0.5) is 0 Å². The van der Waals surface area contributed by atoms with Gasteiger partial charge in [0, 0.05) is 17.8 Å². The Bertz CT molecular complexity index is 224. The molecule has 0 rings (SSSR count). The minimum absolute atomic E-state index is 0.0226. The summed E-state index contributed by atoms with van der Waals surface area (Å²) in [4.78, 5) is 10.6. The molecule has 7 heteroatoms. The Balaban J connectivity index is 3.71. The number of methoxy groups -OCH3 is 1. The Morgan fingerprint density at radius 2 is 2.18 bits per heavy atom. The van der Waals surface area contributed by atoms with Gasteiger partial charge in [-0.2, -0.15) is 0 Å². The summed E-state index contributed by atoms with van der Waals surface area (Å²) in [7, 11) is 2.40. The highest BCUT2D eigenvalue weighted by Gasteiger charge is 2.11. The second-order valence-electron chi connectivity index (χ2n) is 1.72. The van der Waals surface area contributed by atoms with Crippen LogP contribution in [-0.4, -0.2) is 33.9 Å². The number of carbonyl (C=O) groups excluding carboxylic acids is 1. The van der Waals surface area contributed by atoms with E-state index in [1.165, 1.54) is 7.11 Å². The number of ether oxygens (including phenoxy) is 1. The Labute approximate surface area is 69.1 Å². The van der Waals surface area contributed by atoms with E-state index in [0.29, 0.717) is 0 Å². The number of halogens is 1. The predicted molar refractivity (Wildman–Crippen MR) is 39.7 cm³/mol. The van der Waals surface area contributed by atoms with Gasteiger partial charge in [0.15, 0.2) is 0 Å². The Morgan fingerprint density at radius 3 is 2.55 bits per heavy atom. The molecule has 0 saturated heterocycles. The maximum absolute atomic E-state index is 10.6. The molecule has 0 bridgehead atoms. The zero-order valence-corrected chi connectivity index (χ0v) is 7.41. The van der Waals surface area contributed by atoms with Crippen LogP contribution in [0.3, 0.4) is 0 Å². The molecule has 1 N–H and O–H groups in total. The SMILES string of the molecule is COCNC(=O)CS(=O)(=O)Cl. The molecule has 0 saturated carbocycles. The van der Waals surface area contributed by atoms with E-state index in [4.69, 9.17) is 10.7 Å². The second-order valence-corrected chi connectivity index (χ2v) is 4.49. The molecule has 0 radical (unpaired) electrons. The molecule has 11 heavy (non-hydrogen) atoms. The van der Waals surface area contributed by atoms with E-state index in [1.807, 2.05) is 0 Å². The number of amides is 1. The monoisotopic (exact) mass is 201 g/mol. The zero-order chi connectivity index (χ0) is 8.91. The standard InChI is InChI=1S/C4H8ClNO4S/c1-10-3-6-4(7)2-11(5,8)9/h2-3H2,1H3,(H,6,7). The summed E-state index contributed by atoms with van der Waals surface area (Å²) < 4.78 is 25.0. The van der Waals surface area contributed by atoms with Gasteiger partial charge in [0.25, 0.3) is 0 Å². The zero-order valence-electron chi connectivity index (χ0n) is 5.83.